The average Bonchev–Trinajstić information content (AvgIpc) is 2.72. The summed E-state index contributed by atoms with van der Waals surface area (Å²) in [4.78, 5) is 14.2. The summed E-state index contributed by atoms with van der Waals surface area (Å²) in [6.45, 7) is 7.31. The fraction of sp³-hybridized carbons (Fsp3) is 0.640. The van der Waals surface area contributed by atoms with Gasteiger partial charge in [0.05, 0.1) is 0 Å². The minimum Gasteiger partial charge on any atom is -0.385 e. The third-order valence-electron chi connectivity index (χ3n) is 5.55. The highest BCUT2D eigenvalue weighted by Crippen LogP contribution is 2.21. The van der Waals surface area contributed by atoms with Crippen LogP contribution in [0.4, 0.5) is 5.69 Å². The smallest absolute Gasteiger partial charge is 0.222 e. The van der Waals surface area contributed by atoms with E-state index < -0.39 is 0 Å². The third-order valence-corrected chi connectivity index (χ3v) is 5.55. The van der Waals surface area contributed by atoms with E-state index in [4.69, 9.17) is 0 Å². The zero-order valence-corrected chi connectivity index (χ0v) is 18.1. The van der Waals surface area contributed by atoms with E-state index in [1.165, 1.54) is 61.8 Å². The summed E-state index contributed by atoms with van der Waals surface area (Å²) in [7, 11) is 0. The van der Waals surface area contributed by atoms with Crippen LogP contribution in [0.3, 0.4) is 0 Å². The first-order valence-electron chi connectivity index (χ1n) is 11.6. The van der Waals surface area contributed by atoms with E-state index in [1.54, 1.807) is 0 Å². The predicted molar refractivity (Wildman–Crippen MR) is 122 cm³/mol. The molecule has 0 aromatic heterocycles. The van der Waals surface area contributed by atoms with Gasteiger partial charge in [-0.25, -0.2) is 0 Å². The first kappa shape index (κ1) is 22.5. The molecule has 1 aromatic carbocycles. The highest BCUT2D eigenvalue weighted by atomic mass is 16.2. The Bertz CT molecular complexity index is 603. The molecule has 3 heteroatoms. The monoisotopic (exact) mass is 384 g/mol. The molecule has 0 spiro atoms. The maximum absolute atomic E-state index is 12.1. The van der Waals surface area contributed by atoms with Gasteiger partial charge in [-0.05, 0) is 69.1 Å². The number of carbonyl (C=O) groups excluding carboxylic acids is 1. The molecule has 0 unspecified atom stereocenters. The number of hydrogen-bond donors (Lipinski definition) is 1. The number of carbonyl (C=O) groups is 1. The minimum absolute atomic E-state index is 0.377. The predicted octanol–water partition coefficient (Wildman–Crippen LogP) is 6.44. The number of amides is 1. The molecule has 0 radical (unpaired) electrons. The maximum atomic E-state index is 12.1. The molecule has 0 saturated carbocycles. The Balaban J connectivity index is 1.61. The van der Waals surface area contributed by atoms with Crippen molar-refractivity contribution in [3.63, 3.8) is 0 Å². The molecule has 1 aliphatic rings. The standard InChI is InChI=1S/C25H40N2O/c1-3-14-23-18-17-22(21-24(23)26-4-2)15-10-7-5-6-8-11-16-25(28)27-19-12-9-13-20-27/h10,15,17-18,21,26H,3-9,11-14,16,19-20H2,1-2H3/b15-10+. The third kappa shape index (κ3) is 8.08. The van der Waals surface area contributed by atoms with Crippen molar-refractivity contribution in [2.45, 2.75) is 84.5 Å². The number of nitrogens with zero attached hydrogens (tertiary/aromatic N) is 1. The van der Waals surface area contributed by atoms with E-state index in [0.717, 1.165) is 45.3 Å². The number of hydrogen-bond acceptors (Lipinski definition) is 2. The van der Waals surface area contributed by atoms with Crippen LogP contribution < -0.4 is 5.32 Å². The lowest BCUT2D eigenvalue weighted by Crippen LogP contribution is -2.35. The van der Waals surface area contributed by atoms with Crippen LogP contribution in [-0.4, -0.2) is 30.4 Å². The highest BCUT2D eigenvalue weighted by molar-refractivity contribution is 5.76. The van der Waals surface area contributed by atoms with Gasteiger partial charge >= 0.3 is 0 Å². The largest absolute Gasteiger partial charge is 0.385 e. The normalized spacial score (nSPS) is 14.6. The lowest BCUT2D eigenvalue weighted by molar-refractivity contribution is -0.132. The van der Waals surface area contributed by atoms with Gasteiger partial charge in [-0.3, -0.25) is 4.79 Å². The molecule has 1 aliphatic heterocycles. The lowest BCUT2D eigenvalue weighted by atomic mass is 10.0. The van der Waals surface area contributed by atoms with Gasteiger partial charge in [-0.1, -0.05) is 50.5 Å². The Labute approximate surface area is 172 Å². The van der Waals surface area contributed by atoms with E-state index >= 15 is 0 Å². The molecule has 156 valence electrons. The van der Waals surface area contributed by atoms with Crippen molar-refractivity contribution in [1.82, 2.24) is 4.90 Å². The summed E-state index contributed by atoms with van der Waals surface area (Å²) in [6.07, 6.45) is 17.0. The Hall–Kier alpha value is -1.77. The maximum Gasteiger partial charge on any atom is 0.222 e. The second-order valence-electron chi connectivity index (χ2n) is 7.99. The Kier molecular flexibility index (Phi) is 10.8. The van der Waals surface area contributed by atoms with Crippen LogP contribution in [-0.2, 0) is 11.2 Å². The molecule has 1 amide bonds. The van der Waals surface area contributed by atoms with Gasteiger partial charge in [0.15, 0.2) is 0 Å². The Morgan fingerprint density at radius 2 is 1.86 bits per heavy atom. The Morgan fingerprint density at radius 3 is 2.61 bits per heavy atom. The first-order chi connectivity index (χ1) is 13.7. The zero-order chi connectivity index (χ0) is 20.0. The van der Waals surface area contributed by atoms with Gasteiger partial charge in [0.25, 0.3) is 0 Å². The van der Waals surface area contributed by atoms with Crippen LogP contribution in [0, 0.1) is 0 Å². The fourth-order valence-corrected chi connectivity index (χ4v) is 3.95. The molecule has 0 aliphatic carbocycles. The summed E-state index contributed by atoms with van der Waals surface area (Å²) < 4.78 is 0. The second-order valence-corrected chi connectivity index (χ2v) is 7.99. The van der Waals surface area contributed by atoms with Gasteiger partial charge in [0.1, 0.15) is 0 Å². The minimum atomic E-state index is 0.377. The lowest BCUT2D eigenvalue weighted by Gasteiger charge is -2.26. The summed E-state index contributed by atoms with van der Waals surface area (Å²) in [5.41, 5.74) is 3.98. The molecule has 0 atom stereocenters. The highest BCUT2D eigenvalue weighted by Gasteiger charge is 2.15. The molecular formula is C25H40N2O. The molecule has 3 nitrogen and oxygen atoms in total. The van der Waals surface area contributed by atoms with Gasteiger partial charge in [-0.2, -0.15) is 0 Å². The number of likely N-dealkylation sites (tertiary alicyclic amines) is 1. The van der Waals surface area contributed by atoms with Crippen LogP contribution in [0.15, 0.2) is 24.3 Å². The van der Waals surface area contributed by atoms with Crippen molar-refractivity contribution < 1.29 is 4.79 Å². The summed E-state index contributed by atoms with van der Waals surface area (Å²) >= 11 is 0. The number of aryl methyl sites for hydroxylation is 1. The first-order valence-corrected chi connectivity index (χ1v) is 11.6. The zero-order valence-electron chi connectivity index (χ0n) is 18.1. The van der Waals surface area contributed by atoms with Crippen molar-refractivity contribution in [3.8, 4) is 0 Å². The van der Waals surface area contributed by atoms with Crippen molar-refractivity contribution in [1.29, 1.82) is 0 Å². The van der Waals surface area contributed by atoms with E-state index in [2.05, 4.69) is 54.4 Å². The number of benzene rings is 1. The number of piperidine rings is 1. The molecule has 0 bridgehead atoms. The molecule has 1 saturated heterocycles. The molecule has 28 heavy (non-hydrogen) atoms. The van der Waals surface area contributed by atoms with E-state index in [1.807, 2.05) is 0 Å². The van der Waals surface area contributed by atoms with Crippen LogP contribution in [0.5, 0.6) is 0 Å². The van der Waals surface area contributed by atoms with Crippen molar-refractivity contribution in [3.05, 3.63) is 35.4 Å². The summed E-state index contributed by atoms with van der Waals surface area (Å²) in [6, 6.07) is 6.77. The van der Waals surface area contributed by atoms with Gasteiger partial charge < -0.3 is 10.2 Å². The molecule has 1 fully saturated rings. The van der Waals surface area contributed by atoms with Crippen molar-refractivity contribution in [2.24, 2.45) is 0 Å². The van der Waals surface area contributed by atoms with Crippen molar-refractivity contribution >= 4 is 17.7 Å². The average molecular weight is 385 g/mol. The SMILES string of the molecule is CCCc1ccc(/C=C/CCCCCCC(=O)N2CCCCC2)cc1NCC. The van der Waals surface area contributed by atoms with E-state index in [0.29, 0.717) is 5.91 Å². The van der Waals surface area contributed by atoms with Crippen LogP contribution in [0.2, 0.25) is 0 Å². The van der Waals surface area contributed by atoms with E-state index in [-0.39, 0.29) is 0 Å². The molecule has 1 aromatic rings. The van der Waals surface area contributed by atoms with Crippen LogP contribution >= 0.6 is 0 Å². The number of nitrogens with one attached hydrogen (secondary N) is 1. The van der Waals surface area contributed by atoms with Crippen LogP contribution in [0.1, 0.15) is 89.2 Å². The molecular weight excluding hydrogens is 344 g/mol. The van der Waals surface area contributed by atoms with Crippen molar-refractivity contribution in [2.75, 3.05) is 25.0 Å². The van der Waals surface area contributed by atoms with Gasteiger partial charge in [0, 0.05) is 31.7 Å². The second kappa shape index (κ2) is 13.4. The topological polar surface area (TPSA) is 32.3 Å². The fourth-order valence-electron chi connectivity index (χ4n) is 3.95. The molecule has 2 rings (SSSR count). The summed E-state index contributed by atoms with van der Waals surface area (Å²) in [5.74, 6) is 0.377. The van der Waals surface area contributed by atoms with Gasteiger partial charge in [0.2, 0.25) is 5.91 Å². The molecule has 1 heterocycles. The van der Waals surface area contributed by atoms with Gasteiger partial charge in [-0.15, -0.1) is 0 Å². The Morgan fingerprint density at radius 1 is 1.07 bits per heavy atom. The number of allylic oxidation sites excluding steroid dienone is 1. The van der Waals surface area contributed by atoms with Crippen LogP contribution in [0.25, 0.3) is 6.08 Å². The number of rotatable bonds is 12. The number of unbranched alkanes of at least 4 members (excludes halogenated alkanes) is 4. The summed E-state index contributed by atoms with van der Waals surface area (Å²) in [5, 5.41) is 3.49. The quantitative estimate of drug-likeness (QED) is 0.421. The molecule has 1 N–H and O–H groups in total. The van der Waals surface area contributed by atoms with E-state index in [9.17, 15) is 4.79 Å². The number of anilines is 1.